The van der Waals surface area contributed by atoms with Crippen LogP contribution in [-0.4, -0.2) is 21.1 Å². The van der Waals surface area contributed by atoms with Crippen LogP contribution in [0.2, 0.25) is 0 Å². The number of aldehydes is 1. The lowest BCUT2D eigenvalue weighted by Gasteiger charge is -2.07. The van der Waals surface area contributed by atoms with E-state index in [9.17, 15) is 4.79 Å². The SMILES string of the molecule is Cc1cc2c(nn1)c(C)cn2C(C)C=O. The lowest BCUT2D eigenvalue weighted by atomic mass is 10.3. The number of hydrogen-bond donors (Lipinski definition) is 0. The van der Waals surface area contributed by atoms with Gasteiger partial charge in [0, 0.05) is 6.20 Å². The van der Waals surface area contributed by atoms with Crippen molar-refractivity contribution < 1.29 is 4.79 Å². The summed E-state index contributed by atoms with van der Waals surface area (Å²) in [7, 11) is 0. The molecule has 2 aromatic rings. The van der Waals surface area contributed by atoms with Gasteiger partial charge in [-0.05, 0) is 32.4 Å². The first-order valence-corrected chi connectivity index (χ1v) is 4.90. The van der Waals surface area contributed by atoms with Crippen LogP contribution >= 0.6 is 0 Å². The molecule has 0 aliphatic carbocycles. The summed E-state index contributed by atoms with van der Waals surface area (Å²) in [6.45, 7) is 5.73. The van der Waals surface area contributed by atoms with Crippen molar-refractivity contribution in [2.24, 2.45) is 0 Å². The van der Waals surface area contributed by atoms with Crippen LogP contribution < -0.4 is 0 Å². The summed E-state index contributed by atoms with van der Waals surface area (Å²) >= 11 is 0. The Hall–Kier alpha value is -1.71. The number of carbonyl (C=O) groups is 1. The molecule has 0 bridgehead atoms. The minimum Gasteiger partial charge on any atom is -0.336 e. The Labute approximate surface area is 87.9 Å². The highest BCUT2D eigenvalue weighted by molar-refractivity contribution is 5.80. The molecule has 0 saturated heterocycles. The van der Waals surface area contributed by atoms with Crippen LogP contribution in [0.25, 0.3) is 11.0 Å². The lowest BCUT2D eigenvalue weighted by molar-refractivity contribution is -0.110. The Kier molecular flexibility index (Phi) is 2.26. The van der Waals surface area contributed by atoms with E-state index in [4.69, 9.17) is 0 Å². The van der Waals surface area contributed by atoms with Crippen molar-refractivity contribution in [3.05, 3.63) is 23.5 Å². The largest absolute Gasteiger partial charge is 0.336 e. The quantitative estimate of drug-likeness (QED) is 0.699. The number of nitrogens with zero attached hydrogens (tertiary/aromatic N) is 3. The van der Waals surface area contributed by atoms with E-state index in [0.717, 1.165) is 28.6 Å². The maximum absolute atomic E-state index is 10.8. The van der Waals surface area contributed by atoms with Crippen molar-refractivity contribution in [1.29, 1.82) is 0 Å². The van der Waals surface area contributed by atoms with Crippen LogP contribution in [0.15, 0.2) is 12.3 Å². The maximum atomic E-state index is 10.8. The molecule has 0 saturated carbocycles. The van der Waals surface area contributed by atoms with Crippen LogP contribution in [0, 0.1) is 13.8 Å². The van der Waals surface area contributed by atoms with Gasteiger partial charge in [-0.1, -0.05) is 0 Å². The summed E-state index contributed by atoms with van der Waals surface area (Å²) in [6.07, 6.45) is 2.87. The van der Waals surface area contributed by atoms with E-state index in [2.05, 4.69) is 10.2 Å². The summed E-state index contributed by atoms with van der Waals surface area (Å²) in [5.74, 6) is 0. The predicted octanol–water partition coefficient (Wildman–Crippen LogP) is 1.81. The number of fused-ring (bicyclic) bond motifs is 1. The van der Waals surface area contributed by atoms with Crippen LogP contribution in [0.4, 0.5) is 0 Å². The molecule has 0 N–H and O–H groups in total. The molecule has 0 fully saturated rings. The first-order valence-electron chi connectivity index (χ1n) is 4.90. The molecule has 15 heavy (non-hydrogen) atoms. The first-order chi connectivity index (χ1) is 7.13. The third-order valence-corrected chi connectivity index (χ3v) is 2.52. The van der Waals surface area contributed by atoms with E-state index >= 15 is 0 Å². The second kappa shape index (κ2) is 3.46. The predicted molar refractivity (Wildman–Crippen MR) is 57.8 cm³/mol. The van der Waals surface area contributed by atoms with Crippen molar-refractivity contribution in [3.8, 4) is 0 Å². The molecule has 1 atom stereocenters. The lowest BCUT2D eigenvalue weighted by Crippen LogP contribution is -2.04. The van der Waals surface area contributed by atoms with Gasteiger partial charge in [0.2, 0.25) is 0 Å². The fourth-order valence-corrected chi connectivity index (χ4v) is 1.69. The molecular formula is C11H13N3O. The normalized spacial score (nSPS) is 13.0. The van der Waals surface area contributed by atoms with Gasteiger partial charge in [-0.25, -0.2) is 0 Å². The van der Waals surface area contributed by atoms with Gasteiger partial charge < -0.3 is 9.36 Å². The second-order valence-corrected chi connectivity index (χ2v) is 3.82. The van der Waals surface area contributed by atoms with E-state index in [-0.39, 0.29) is 6.04 Å². The Bertz CT molecular complexity index is 516. The fourth-order valence-electron chi connectivity index (χ4n) is 1.69. The van der Waals surface area contributed by atoms with Gasteiger partial charge in [0.15, 0.2) is 0 Å². The van der Waals surface area contributed by atoms with Crippen LogP contribution in [0.5, 0.6) is 0 Å². The number of hydrogen-bond acceptors (Lipinski definition) is 3. The highest BCUT2D eigenvalue weighted by Gasteiger charge is 2.11. The molecule has 1 unspecified atom stereocenters. The monoisotopic (exact) mass is 203 g/mol. The molecule has 2 aromatic heterocycles. The molecular weight excluding hydrogens is 190 g/mol. The zero-order chi connectivity index (χ0) is 11.0. The van der Waals surface area contributed by atoms with Gasteiger partial charge in [-0.15, -0.1) is 5.10 Å². The molecule has 0 spiro atoms. The van der Waals surface area contributed by atoms with E-state index in [1.165, 1.54) is 0 Å². The summed E-state index contributed by atoms with van der Waals surface area (Å²) in [4.78, 5) is 10.8. The van der Waals surface area contributed by atoms with Crippen molar-refractivity contribution in [1.82, 2.24) is 14.8 Å². The van der Waals surface area contributed by atoms with Crippen molar-refractivity contribution in [3.63, 3.8) is 0 Å². The summed E-state index contributed by atoms with van der Waals surface area (Å²) in [5, 5.41) is 8.15. The average molecular weight is 203 g/mol. The van der Waals surface area contributed by atoms with Gasteiger partial charge in [0.05, 0.1) is 17.3 Å². The van der Waals surface area contributed by atoms with Crippen LogP contribution in [0.1, 0.15) is 24.2 Å². The molecule has 2 heterocycles. The zero-order valence-electron chi connectivity index (χ0n) is 9.06. The highest BCUT2D eigenvalue weighted by Crippen LogP contribution is 2.21. The minimum atomic E-state index is -0.162. The number of aryl methyl sites for hydroxylation is 2. The van der Waals surface area contributed by atoms with Gasteiger partial charge in [0.25, 0.3) is 0 Å². The molecule has 2 rings (SSSR count). The highest BCUT2D eigenvalue weighted by atomic mass is 16.1. The Morgan fingerprint density at radius 1 is 1.40 bits per heavy atom. The van der Waals surface area contributed by atoms with Crippen LogP contribution in [-0.2, 0) is 4.79 Å². The van der Waals surface area contributed by atoms with Crippen molar-refractivity contribution in [2.75, 3.05) is 0 Å². The Balaban J connectivity index is 2.74. The summed E-state index contributed by atoms with van der Waals surface area (Å²) in [6, 6.07) is 1.79. The summed E-state index contributed by atoms with van der Waals surface area (Å²) in [5.41, 5.74) is 3.75. The molecule has 0 aliphatic rings. The number of aromatic nitrogens is 3. The fraction of sp³-hybridized carbons (Fsp3) is 0.364. The Morgan fingerprint density at radius 3 is 2.80 bits per heavy atom. The van der Waals surface area contributed by atoms with Gasteiger partial charge in [0.1, 0.15) is 11.8 Å². The maximum Gasteiger partial charge on any atom is 0.142 e. The average Bonchev–Trinajstić information content (AvgIpc) is 2.54. The van der Waals surface area contributed by atoms with E-state index < -0.39 is 0 Å². The molecule has 0 amide bonds. The van der Waals surface area contributed by atoms with E-state index in [1.54, 1.807) is 0 Å². The van der Waals surface area contributed by atoms with Crippen LogP contribution in [0.3, 0.4) is 0 Å². The summed E-state index contributed by atoms with van der Waals surface area (Å²) < 4.78 is 1.93. The van der Waals surface area contributed by atoms with E-state index in [0.29, 0.717) is 0 Å². The van der Waals surface area contributed by atoms with E-state index in [1.807, 2.05) is 37.6 Å². The third kappa shape index (κ3) is 1.52. The molecule has 0 aliphatic heterocycles. The second-order valence-electron chi connectivity index (χ2n) is 3.82. The van der Waals surface area contributed by atoms with Crippen molar-refractivity contribution in [2.45, 2.75) is 26.8 Å². The zero-order valence-corrected chi connectivity index (χ0v) is 9.06. The molecule has 4 heteroatoms. The van der Waals surface area contributed by atoms with Gasteiger partial charge in [-0.3, -0.25) is 0 Å². The Morgan fingerprint density at radius 2 is 2.13 bits per heavy atom. The van der Waals surface area contributed by atoms with Crippen molar-refractivity contribution >= 4 is 17.3 Å². The molecule has 0 radical (unpaired) electrons. The van der Waals surface area contributed by atoms with Gasteiger partial charge in [-0.2, -0.15) is 5.10 Å². The third-order valence-electron chi connectivity index (χ3n) is 2.52. The number of rotatable bonds is 2. The minimum absolute atomic E-state index is 0.162. The smallest absolute Gasteiger partial charge is 0.142 e. The number of carbonyl (C=O) groups excluding carboxylic acids is 1. The molecule has 78 valence electrons. The molecule has 0 aromatic carbocycles. The standard InChI is InChI=1S/C11H13N3O/c1-7-5-14(9(3)6-15)10-4-8(2)12-13-11(7)10/h4-6,9H,1-3H3. The topological polar surface area (TPSA) is 47.8 Å². The van der Waals surface area contributed by atoms with Gasteiger partial charge >= 0.3 is 0 Å². The first kappa shape index (κ1) is 9.83. The molecule has 4 nitrogen and oxygen atoms in total.